The molecule has 0 aromatic carbocycles. The van der Waals surface area contributed by atoms with Crippen LogP contribution in [0.2, 0.25) is 0 Å². The Morgan fingerprint density at radius 3 is 2.42 bits per heavy atom. The minimum atomic E-state index is -0.207. The van der Waals surface area contributed by atoms with Gasteiger partial charge in [-0.3, -0.25) is 9.59 Å². The molecule has 0 aromatic heterocycles. The number of ketones is 1. The van der Waals surface area contributed by atoms with Gasteiger partial charge in [0, 0.05) is 13.0 Å². The summed E-state index contributed by atoms with van der Waals surface area (Å²) in [6, 6.07) is 0. The summed E-state index contributed by atoms with van der Waals surface area (Å²) in [7, 11) is 0. The first-order chi connectivity index (χ1) is 5.70. The zero-order valence-electron chi connectivity index (χ0n) is 7.01. The second-order valence-electron chi connectivity index (χ2n) is 2.27. The quantitative estimate of drug-likeness (QED) is 0.470. The van der Waals surface area contributed by atoms with E-state index in [1.54, 1.807) is 0 Å². The highest BCUT2D eigenvalue weighted by Gasteiger charge is 1.96. The summed E-state index contributed by atoms with van der Waals surface area (Å²) >= 11 is 0. The second-order valence-corrected chi connectivity index (χ2v) is 2.27. The topological polar surface area (TPSA) is 46.2 Å². The predicted molar refractivity (Wildman–Crippen MR) is 47.6 cm³/mol. The van der Waals surface area contributed by atoms with E-state index < -0.39 is 0 Å². The van der Waals surface area contributed by atoms with Gasteiger partial charge in [0.1, 0.15) is 0 Å². The normalized spacial score (nSPS) is 8.67. The summed E-state index contributed by atoms with van der Waals surface area (Å²) in [5, 5.41) is 2.57. The highest BCUT2D eigenvalue weighted by molar-refractivity contribution is 5.89. The summed E-state index contributed by atoms with van der Waals surface area (Å²) in [5.41, 5.74) is 0. The van der Waals surface area contributed by atoms with E-state index in [-0.39, 0.29) is 11.7 Å². The molecule has 3 nitrogen and oxygen atoms in total. The van der Waals surface area contributed by atoms with E-state index in [0.29, 0.717) is 19.4 Å². The molecule has 0 aliphatic rings. The molecule has 66 valence electrons. The molecule has 0 aliphatic heterocycles. The molecule has 0 unspecified atom stereocenters. The van der Waals surface area contributed by atoms with Crippen molar-refractivity contribution in [3.05, 3.63) is 25.3 Å². The van der Waals surface area contributed by atoms with Crippen molar-refractivity contribution in [3.63, 3.8) is 0 Å². The van der Waals surface area contributed by atoms with Crippen LogP contribution >= 0.6 is 0 Å². The van der Waals surface area contributed by atoms with Gasteiger partial charge in [-0.15, -0.1) is 0 Å². The van der Waals surface area contributed by atoms with Gasteiger partial charge in [-0.05, 0) is 18.6 Å². The maximum atomic E-state index is 10.7. The SMILES string of the molecule is C=CC(=O)CCCNC(=O)C=C. The van der Waals surface area contributed by atoms with Gasteiger partial charge >= 0.3 is 0 Å². The zero-order chi connectivity index (χ0) is 9.40. The number of amides is 1. The van der Waals surface area contributed by atoms with Crippen LogP contribution in [0.15, 0.2) is 25.3 Å². The lowest BCUT2D eigenvalue weighted by molar-refractivity contribution is -0.117. The maximum Gasteiger partial charge on any atom is 0.243 e. The number of carbonyl (C=O) groups excluding carboxylic acids is 2. The third-order valence-corrected chi connectivity index (χ3v) is 1.31. The number of carbonyl (C=O) groups is 2. The fourth-order valence-electron chi connectivity index (χ4n) is 0.648. The van der Waals surface area contributed by atoms with Crippen LogP contribution in [0.1, 0.15) is 12.8 Å². The van der Waals surface area contributed by atoms with Crippen molar-refractivity contribution < 1.29 is 9.59 Å². The summed E-state index contributed by atoms with van der Waals surface area (Å²) < 4.78 is 0. The third kappa shape index (κ3) is 5.41. The first kappa shape index (κ1) is 10.6. The number of rotatable bonds is 6. The molecule has 0 saturated heterocycles. The van der Waals surface area contributed by atoms with Gasteiger partial charge in [0.25, 0.3) is 0 Å². The van der Waals surface area contributed by atoms with Gasteiger partial charge in [-0.1, -0.05) is 13.2 Å². The Balaban J connectivity index is 3.32. The van der Waals surface area contributed by atoms with Crippen LogP contribution in [0.25, 0.3) is 0 Å². The van der Waals surface area contributed by atoms with Crippen LogP contribution in [-0.4, -0.2) is 18.2 Å². The lowest BCUT2D eigenvalue weighted by Gasteiger charge is -1.99. The molecule has 1 N–H and O–H groups in total. The summed E-state index contributed by atoms with van der Waals surface area (Å²) in [6.07, 6.45) is 3.57. The Morgan fingerprint density at radius 1 is 1.25 bits per heavy atom. The van der Waals surface area contributed by atoms with E-state index in [4.69, 9.17) is 0 Å². The Morgan fingerprint density at radius 2 is 1.92 bits per heavy atom. The smallest absolute Gasteiger partial charge is 0.243 e. The molecule has 1 amide bonds. The van der Waals surface area contributed by atoms with E-state index in [1.165, 1.54) is 12.2 Å². The molecule has 12 heavy (non-hydrogen) atoms. The van der Waals surface area contributed by atoms with Crippen molar-refractivity contribution in [1.82, 2.24) is 5.32 Å². The van der Waals surface area contributed by atoms with E-state index in [2.05, 4.69) is 18.5 Å². The van der Waals surface area contributed by atoms with E-state index >= 15 is 0 Å². The fourth-order valence-corrected chi connectivity index (χ4v) is 0.648. The van der Waals surface area contributed by atoms with Crippen molar-refractivity contribution >= 4 is 11.7 Å². The van der Waals surface area contributed by atoms with Crippen LogP contribution < -0.4 is 5.32 Å². The predicted octanol–water partition coefficient (Wildman–Crippen LogP) is 0.824. The molecule has 0 radical (unpaired) electrons. The Labute approximate surface area is 72.2 Å². The molecule has 0 saturated carbocycles. The molecule has 0 heterocycles. The first-order valence-electron chi connectivity index (χ1n) is 3.76. The number of hydrogen-bond donors (Lipinski definition) is 1. The average Bonchev–Trinajstić information content (AvgIpc) is 2.11. The van der Waals surface area contributed by atoms with E-state index in [0.717, 1.165) is 0 Å². The second kappa shape index (κ2) is 6.34. The molecule has 0 bridgehead atoms. The van der Waals surface area contributed by atoms with Crippen molar-refractivity contribution in [3.8, 4) is 0 Å². The highest BCUT2D eigenvalue weighted by Crippen LogP contribution is 1.89. The van der Waals surface area contributed by atoms with Gasteiger partial charge in [0.2, 0.25) is 5.91 Å². The largest absolute Gasteiger partial charge is 0.353 e. The van der Waals surface area contributed by atoms with Crippen LogP contribution in [0.5, 0.6) is 0 Å². The highest BCUT2D eigenvalue weighted by atomic mass is 16.1. The maximum absolute atomic E-state index is 10.7. The van der Waals surface area contributed by atoms with Gasteiger partial charge in [0.05, 0.1) is 0 Å². The monoisotopic (exact) mass is 167 g/mol. The third-order valence-electron chi connectivity index (χ3n) is 1.31. The molecule has 0 rings (SSSR count). The minimum absolute atomic E-state index is 0.00264. The van der Waals surface area contributed by atoms with Crippen LogP contribution in [0.4, 0.5) is 0 Å². The summed E-state index contributed by atoms with van der Waals surface area (Å²) in [5.74, 6) is -0.205. The van der Waals surface area contributed by atoms with Crippen molar-refractivity contribution in [2.75, 3.05) is 6.54 Å². The van der Waals surface area contributed by atoms with Crippen LogP contribution in [0, 0.1) is 0 Å². The van der Waals surface area contributed by atoms with Crippen LogP contribution in [-0.2, 0) is 9.59 Å². The Kier molecular flexibility index (Phi) is 5.61. The van der Waals surface area contributed by atoms with Crippen molar-refractivity contribution in [1.29, 1.82) is 0 Å². The summed E-state index contributed by atoms with van der Waals surface area (Å²) in [6.45, 7) is 7.14. The van der Waals surface area contributed by atoms with Crippen LogP contribution in [0.3, 0.4) is 0 Å². The molecule has 0 aromatic rings. The van der Waals surface area contributed by atoms with Gasteiger partial charge in [0.15, 0.2) is 5.78 Å². The minimum Gasteiger partial charge on any atom is -0.353 e. The van der Waals surface area contributed by atoms with Gasteiger partial charge in [-0.25, -0.2) is 0 Å². The molecular formula is C9H13NO2. The fraction of sp³-hybridized carbons (Fsp3) is 0.333. The number of nitrogens with one attached hydrogen (secondary N) is 1. The number of hydrogen-bond acceptors (Lipinski definition) is 2. The lowest BCUT2D eigenvalue weighted by Crippen LogP contribution is -2.22. The molecule has 0 fully saturated rings. The summed E-state index contributed by atoms with van der Waals surface area (Å²) in [4.78, 5) is 21.3. The lowest BCUT2D eigenvalue weighted by atomic mass is 10.2. The number of allylic oxidation sites excluding steroid dienone is 1. The van der Waals surface area contributed by atoms with E-state index in [1.807, 2.05) is 0 Å². The standard InChI is InChI=1S/C9H13NO2/c1-3-8(11)6-5-7-10-9(12)4-2/h3-4H,1-2,5-7H2,(H,10,12). The molecule has 3 heteroatoms. The van der Waals surface area contributed by atoms with Crippen molar-refractivity contribution in [2.24, 2.45) is 0 Å². The van der Waals surface area contributed by atoms with Gasteiger partial charge in [-0.2, -0.15) is 0 Å². The van der Waals surface area contributed by atoms with Crippen molar-refractivity contribution in [2.45, 2.75) is 12.8 Å². The Bertz CT molecular complexity index is 175. The molecule has 0 atom stereocenters. The molecule has 0 aliphatic carbocycles. The zero-order valence-corrected chi connectivity index (χ0v) is 7.01. The molecular weight excluding hydrogens is 154 g/mol. The average molecular weight is 167 g/mol. The van der Waals surface area contributed by atoms with Gasteiger partial charge < -0.3 is 5.32 Å². The Hall–Kier alpha value is -1.38. The van der Waals surface area contributed by atoms with E-state index in [9.17, 15) is 9.59 Å². The first-order valence-corrected chi connectivity index (χ1v) is 3.76. The molecule has 0 spiro atoms.